The lowest BCUT2D eigenvalue weighted by Gasteiger charge is -2.32. The third kappa shape index (κ3) is 8.26. The summed E-state index contributed by atoms with van der Waals surface area (Å²) in [4.78, 5) is 49.5. The van der Waals surface area contributed by atoms with Crippen molar-refractivity contribution in [3.8, 4) is 6.07 Å². The molecule has 1 heterocycles. The van der Waals surface area contributed by atoms with Crippen molar-refractivity contribution in [3.63, 3.8) is 0 Å². The van der Waals surface area contributed by atoms with Gasteiger partial charge in [0.05, 0.1) is 6.07 Å². The molecule has 5 atom stereocenters. The van der Waals surface area contributed by atoms with Gasteiger partial charge in [-0.2, -0.15) is 18.4 Å². The molecule has 9 nitrogen and oxygen atoms in total. The molecule has 4 amide bonds. The average molecular weight is 538 g/mol. The van der Waals surface area contributed by atoms with Crippen LogP contribution in [-0.4, -0.2) is 59.4 Å². The van der Waals surface area contributed by atoms with Crippen LogP contribution in [-0.2, 0) is 19.2 Å². The molecular formula is C23H32F5N5O4. The second kappa shape index (κ2) is 10.4. The lowest BCUT2D eigenvalue weighted by Crippen LogP contribution is -2.60. The highest BCUT2D eigenvalue weighted by Gasteiger charge is 2.58. The van der Waals surface area contributed by atoms with Gasteiger partial charge in [0, 0.05) is 23.8 Å². The fourth-order valence-corrected chi connectivity index (χ4v) is 4.27. The molecule has 1 aliphatic heterocycles. The van der Waals surface area contributed by atoms with Crippen molar-refractivity contribution in [1.82, 2.24) is 21.3 Å². The SMILES string of the molecule is CC1(C)C[C@@H](C[C@@H](C#N)NC(=O)[C@H](CC2CC2(F)F)NC(=O)[C@@H](NC(=O)C(F)(F)F)C(C)(C)C)C(=O)N1. The summed E-state index contributed by atoms with van der Waals surface area (Å²) >= 11 is 0. The van der Waals surface area contributed by atoms with E-state index in [0.717, 1.165) is 0 Å². The third-order valence-electron chi connectivity index (χ3n) is 6.35. The Bertz CT molecular complexity index is 970. The Balaban J connectivity index is 2.18. The van der Waals surface area contributed by atoms with Gasteiger partial charge >= 0.3 is 12.1 Å². The van der Waals surface area contributed by atoms with Gasteiger partial charge < -0.3 is 21.3 Å². The number of nitriles is 1. The number of alkyl halides is 5. The molecule has 1 aliphatic carbocycles. The third-order valence-corrected chi connectivity index (χ3v) is 6.35. The average Bonchev–Trinajstić information content (AvgIpc) is 3.22. The first-order valence-corrected chi connectivity index (χ1v) is 11.7. The van der Waals surface area contributed by atoms with Crippen molar-refractivity contribution in [2.75, 3.05) is 0 Å². The summed E-state index contributed by atoms with van der Waals surface area (Å²) in [6.07, 6.45) is -6.04. The fourth-order valence-electron chi connectivity index (χ4n) is 4.27. The Morgan fingerprint density at radius 2 is 1.62 bits per heavy atom. The minimum absolute atomic E-state index is 0.0655. The highest BCUT2D eigenvalue weighted by molar-refractivity contribution is 5.93. The van der Waals surface area contributed by atoms with E-state index in [1.165, 1.54) is 20.8 Å². The molecule has 4 N–H and O–H groups in total. The van der Waals surface area contributed by atoms with Crippen molar-refractivity contribution in [2.45, 2.75) is 96.1 Å². The molecule has 0 aromatic carbocycles. The number of hydrogen-bond donors (Lipinski definition) is 4. The molecule has 14 heteroatoms. The standard InChI is InChI=1S/C23H32F5N5O4/c1-20(2,3)15(32-19(37)23(26,27)28)18(36)31-14(7-12-9-22(12,24)25)17(35)30-13(10-29)6-11-8-21(4,5)33-16(11)34/h11-15H,6-9H2,1-5H3,(H,30,35)(H,31,36)(H,32,37)(H,33,34)/t11-,12?,13+,14+,15-/m1/s1. The quantitative estimate of drug-likeness (QED) is 0.333. The number of rotatable bonds is 9. The summed E-state index contributed by atoms with van der Waals surface area (Å²) in [5.74, 6) is -9.80. The molecule has 1 saturated carbocycles. The van der Waals surface area contributed by atoms with E-state index in [4.69, 9.17) is 0 Å². The van der Waals surface area contributed by atoms with Crippen molar-refractivity contribution in [3.05, 3.63) is 0 Å². The number of carbonyl (C=O) groups is 4. The van der Waals surface area contributed by atoms with Gasteiger partial charge in [-0.1, -0.05) is 20.8 Å². The van der Waals surface area contributed by atoms with Gasteiger partial charge in [-0.3, -0.25) is 19.2 Å². The van der Waals surface area contributed by atoms with Crippen LogP contribution in [0, 0.1) is 28.6 Å². The van der Waals surface area contributed by atoms with Gasteiger partial charge in [0.25, 0.3) is 5.92 Å². The fraction of sp³-hybridized carbons (Fsp3) is 0.783. The van der Waals surface area contributed by atoms with Crippen LogP contribution >= 0.6 is 0 Å². The van der Waals surface area contributed by atoms with E-state index in [0.29, 0.717) is 6.42 Å². The maximum atomic E-state index is 13.6. The van der Waals surface area contributed by atoms with Crippen LogP contribution in [0.3, 0.4) is 0 Å². The van der Waals surface area contributed by atoms with Crippen LogP contribution in [0.5, 0.6) is 0 Å². The van der Waals surface area contributed by atoms with E-state index < -0.39 is 83.6 Å². The first-order valence-electron chi connectivity index (χ1n) is 11.7. The normalized spacial score (nSPS) is 24.6. The van der Waals surface area contributed by atoms with E-state index in [1.807, 2.05) is 6.07 Å². The van der Waals surface area contributed by atoms with Crippen LogP contribution < -0.4 is 21.3 Å². The number of nitrogens with zero attached hydrogens (tertiary/aromatic N) is 1. The zero-order valence-electron chi connectivity index (χ0n) is 21.2. The van der Waals surface area contributed by atoms with Crippen molar-refractivity contribution in [1.29, 1.82) is 5.26 Å². The minimum Gasteiger partial charge on any atom is -0.351 e. The highest BCUT2D eigenvalue weighted by Crippen LogP contribution is 2.51. The summed E-state index contributed by atoms with van der Waals surface area (Å²) in [6.45, 7) is 7.69. The second-order valence-electron chi connectivity index (χ2n) is 11.4. The van der Waals surface area contributed by atoms with E-state index in [2.05, 4.69) is 16.0 Å². The lowest BCUT2D eigenvalue weighted by molar-refractivity contribution is -0.175. The Morgan fingerprint density at radius 3 is 2.03 bits per heavy atom. The Labute approximate surface area is 211 Å². The Kier molecular flexibility index (Phi) is 8.51. The lowest BCUT2D eigenvalue weighted by atomic mass is 9.85. The van der Waals surface area contributed by atoms with Crippen LogP contribution in [0.15, 0.2) is 0 Å². The maximum Gasteiger partial charge on any atom is 0.471 e. The molecule has 2 rings (SSSR count). The largest absolute Gasteiger partial charge is 0.471 e. The van der Waals surface area contributed by atoms with E-state index >= 15 is 0 Å². The molecule has 0 aromatic heterocycles. The van der Waals surface area contributed by atoms with Crippen molar-refractivity contribution in [2.24, 2.45) is 17.3 Å². The monoisotopic (exact) mass is 537 g/mol. The second-order valence-corrected chi connectivity index (χ2v) is 11.4. The first kappa shape index (κ1) is 30.2. The number of nitrogens with one attached hydrogen (secondary N) is 4. The van der Waals surface area contributed by atoms with Gasteiger partial charge in [-0.15, -0.1) is 0 Å². The molecule has 0 spiro atoms. The molecule has 1 saturated heterocycles. The Morgan fingerprint density at radius 1 is 1.05 bits per heavy atom. The zero-order chi connectivity index (χ0) is 28.6. The number of halogens is 5. The van der Waals surface area contributed by atoms with Crippen LogP contribution in [0.25, 0.3) is 0 Å². The van der Waals surface area contributed by atoms with E-state index in [-0.39, 0.29) is 12.3 Å². The van der Waals surface area contributed by atoms with Crippen LogP contribution in [0.4, 0.5) is 22.0 Å². The molecule has 1 unspecified atom stereocenters. The van der Waals surface area contributed by atoms with Gasteiger partial charge in [-0.25, -0.2) is 8.78 Å². The number of hydrogen-bond acceptors (Lipinski definition) is 5. The van der Waals surface area contributed by atoms with E-state index in [9.17, 15) is 46.4 Å². The maximum absolute atomic E-state index is 13.6. The molecular weight excluding hydrogens is 505 g/mol. The summed E-state index contributed by atoms with van der Waals surface area (Å²) in [5, 5.41) is 18.4. The summed E-state index contributed by atoms with van der Waals surface area (Å²) in [6, 6.07) is -2.74. The number of amides is 4. The zero-order valence-corrected chi connectivity index (χ0v) is 21.2. The Hall–Kier alpha value is -2.98. The van der Waals surface area contributed by atoms with E-state index in [1.54, 1.807) is 19.2 Å². The molecule has 0 radical (unpaired) electrons. The minimum atomic E-state index is -5.28. The smallest absolute Gasteiger partial charge is 0.351 e. The molecule has 208 valence electrons. The molecule has 2 aliphatic rings. The van der Waals surface area contributed by atoms with Crippen molar-refractivity contribution < 1.29 is 41.1 Å². The van der Waals surface area contributed by atoms with Crippen molar-refractivity contribution >= 4 is 23.6 Å². The topological polar surface area (TPSA) is 140 Å². The van der Waals surface area contributed by atoms with Crippen LogP contribution in [0.2, 0.25) is 0 Å². The first-order chi connectivity index (χ1) is 16.7. The molecule has 2 fully saturated rings. The molecule has 0 aromatic rings. The van der Waals surface area contributed by atoms with Gasteiger partial charge in [0.15, 0.2) is 0 Å². The molecule has 0 bridgehead atoms. The summed E-state index contributed by atoms with van der Waals surface area (Å²) < 4.78 is 65.6. The number of carbonyl (C=O) groups excluding carboxylic acids is 4. The van der Waals surface area contributed by atoms with Crippen LogP contribution in [0.1, 0.15) is 60.3 Å². The van der Waals surface area contributed by atoms with Gasteiger partial charge in [-0.05, 0) is 38.5 Å². The predicted molar refractivity (Wildman–Crippen MR) is 120 cm³/mol. The highest BCUT2D eigenvalue weighted by atomic mass is 19.4. The summed E-state index contributed by atoms with van der Waals surface area (Å²) in [7, 11) is 0. The van der Waals surface area contributed by atoms with Gasteiger partial charge in [0.2, 0.25) is 17.7 Å². The molecule has 37 heavy (non-hydrogen) atoms. The summed E-state index contributed by atoms with van der Waals surface area (Å²) in [5.41, 5.74) is -1.75. The van der Waals surface area contributed by atoms with Gasteiger partial charge in [0.1, 0.15) is 18.1 Å². The predicted octanol–water partition coefficient (Wildman–Crippen LogP) is 1.92.